The number of hydrogen-bond donors (Lipinski definition) is 1. The maximum atomic E-state index is 11.4. The maximum absolute atomic E-state index is 11.4. The molecular weight excluding hydrogens is 270 g/mol. The van der Waals surface area contributed by atoms with Crippen molar-refractivity contribution in [3.8, 4) is 0 Å². The van der Waals surface area contributed by atoms with Gasteiger partial charge in [0.15, 0.2) is 9.84 Å². The first-order valence-electron chi connectivity index (χ1n) is 6.61. The van der Waals surface area contributed by atoms with Crippen molar-refractivity contribution in [1.82, 2.24) is 0 Å². The second-order valence-electron chi connectivity index (χ2n) is 4.82. The lowest BCUT2D eigenvalue weighted by atomic mass is 10.1. The minimum absolute atomic E-state index is 0.343. The van der Waals surface area contributed by atoms with Crippen LogP contribution in [0.1, 0.15) is 18.1 Å². The van der Waals surface area contributed by atoms with Crippen molar-refractivity contribution in [3.05, 3.63) is 59.7 Å². The van der Waals surface area contributed by atoms with E-state index in [0.29, 0.717) is 4.90 Å². The molecule has 0 bridgehead atoms. The second-order valence-corrected chi connectivity index (χ2v) is 6.84. The summed E-state index contributed by atoms with van der Waals surface area (Å²) in [4.78, 5) is 0.343. The number of sulfone groups is 1. The summed E-state index contributed by atoms with van der Waals surface area (Å²) in [5.41, 5.74) is 3.44. The Morgan fingerprint density at radius 2 is 1.45 bits per heavy atom. The summed E-state index contributed by atoms with van der Waals surface area (Å²) >= 11 is 0. The Labute approximate surface area is 120 Å². The quantitative estimate of drug-likeness (QED) is 0.919. The molecule has 0 amide bonds. The van der Waals surface area contributed by atoms with E-state index in [-0.39, 0.29) is 0 Å². The standard InChI is InChI=1S/C16H19NO2S/c1-3-13-4-6-14(7-5-13)12-17-15-8-10-16(11-9-15)20(2,18)19/h4-11,17H,3,12H2,1-2H3. The van der Waals surface area contributed by atoms with E-state index in [9.17, 15) is 8.42 Å². The van der Waals surface area contributed by atoms with Crippen molar-refractivity contribution in [2.45, 2.75) is 24.8 Å². The molecule has 0 aliphatic carbocycles. The van der Waals surface area contributed by atoms with Crippen LogP contribution >= 0.6 is 0 Å². The van der Waals surface area contributed by atoms with E-state index in [1.807, 2.05) is 0 Å². The van der Waals surface area contributed by atoms with Gasteiger partial charge in [-0.25, -0.2) is 8.42 Å². The first kappa shape index (κ1) is 14.6. The van der Waals surface area contributed by atoms with Crippen molar-refractivity contribution in [1.29, 1.82) is 0 Å². The molecule has 3 nitrogen and oxygen atoms in total. The Bertz CT molecular complexity index is 659. The Morgan fingerprint density at radius 1 is 0.900 bits per heavy atom. The molecule has 4 heteroatoms. The Balaban J connectivity index is 2.00. The smallest absolute Gasteiger partial charge is 0.175 e. The highest BCUT2D eigenvalue weighted by Gasteiger charge is 2.05. The summed E-state index contributed by atoms with van der Waals surface area (Å²) in [6.07, 6.45) is 2.26. The topological polar surface area (TPSA) is 46.2 Å². The molecule has 1 N–H and O–H groups in total. The van der Waals surface area contributed by atoms with Gasteiger partial charge < -0.3 is 5.32 Å². The Kier molecular flexibility index (Phi) is 4.45. The van der Waals surface area contributed by atoms with Crippen LogP contribution in [-0.4, -0.2) is 14.7 Å². The third kappa shape index (κ3) is 3.84. The monoisotopic (exact) mass is 289 g/mol. The molecule has 0 aliphatic heterocycles. The van der Waals surface area contributed by atoms with Gasteiger partial charge in [0.2, 0.25) is 0 Å². The predicted molar refractivity (Wildman–Crippen MR) is 82.7 cm³/mol. The van der Waals surface area contributed by atoms with E-state index in [1.54, 1.807) is 24.3 Å². The van der Waals surface area contributed by atoms with Gasteiger partial charge in [-0.05, 0) is 41.8 Å². The van der Waals surface area contributed by atoms with E-state index >= 15 is 0 Å². The lowest BCUT2D eigenvalue weighted by Crippen LogP contribution is -2.01. The van der Waals surface area contributed by atoms with Crippen LogP contribution in [0.25, 0.3) is 0 Å². The zero-order chi connectivity index (χ0) is 14.6. The second kappa shape index (κ2) is 6.09. The molecule has 0 aromatic heterocycles. The number of aryl methyl sites for hydroxylation is 1. The molecule has 0 heterocycles. The van der Waals surface area contributed by atoms with Crippen LogP contribution in [0.3, 0.4) is 0 Å². The molecule has 0 saturated heterocycles. The molecule has 2 aromatic carbocycles. The lowest BCUT2D eigenvalue weighted by molar-refractivity contribution is 0.602. The molecule has 0 radical (unpaired) electrons. The summed E-state index contributed by atoms with van der Waals surface area (Å²) in [7, 11) is -3.12. The average molecular weight is 289 g/mol. The molecule has 0 saturated carbocycles. The van der Waals surface area contributed by atoms with Crippen molar-refractivity contribution in [2.24, 2.45) is 0 Å². The van der Waals surface area contributed by atoms with Crippen molar-refractivity contribution in [2.75, 3.05) is 11.6 Å². The molecule has 2 aromatic rings. The maximum Gasteiger partial charge on any atom is 0.175 e. The molecule has 2 rings (SSSR count). The van der Waals surface area contributed by atoms with Gasteiger partial charge in [0.1, 0.15) is 0 Å². The highest BCUT2D eigenvalue weighted by atomic mass is 32.2. The Morgan fingerprint density at radius 3 is 1.95 bits per heavy atom. The normalized spacial score (nSPS) is 11.3. The van der Waals surface area contributed by atoms with E-state index in [2.05, 4.69) is 36.5 Å². The average Bonchev–Trinajstić information content (AvgIpc) is 2.45. The lowest BCUT2D eigenvalue weighted by Gasteiger charge is -2.08. The van der Waals surface area contributed by atoms with Crippen LogP contribution in [0.4, 0.5) is 5.69 Å². The minimum Gasteiger partial charge on any atom is -0.381 e. The zero-order valence-corrected chi connectivity index (χ0v) is 12.6. The van der Waals surface area contributed by atoms with Gasteiger partial charge in [-0.3, -0.25) is 0 Å². The van der Waals surface area contributed by atoms with Gasteiger partial charge in [0, 0.05) is 18.5 Å². The van der Waals surface area contributed by atoms with Gasteiger partial charge >= 0.3 is 0 Å². The van der Waals surface area contributed by atoms with Crippen LogP contribution in [0.2, 0.25) is 0 Å². The van der Waals surface area contributed by atoms with Crippen LogP contribution < -0.4 is 5.32 Å². The third-order valence-electron chi connectivity index (χ3n) is 3.21. The fourth-order valence-electron chi connectivity index (χ4n) is 1.92. The van der Waals surface area contributed by atoms with Crippen molar-refractivity contribution in [3.63, 3.8) is 0 Å². The molecular formula is C16H19NO2S. The highest BCUT2D eigenvalue weighted by molar-refractivity contribution is 7.90. The zero-order valence-electron chi connectivity index (χ0n) is 11.8. The SMILES string of the molecule is CCc1ccc(CNc2ccc(S(C)(=O)=O)cc2)cc1. The van der Waals surface area contributed by atoms with Gasteiger partial charge in [-0.15, -0.1) is 0 Å². The van der Waals surface area contributed by atoms with Crippen LogP contribution in [-0.2, 0) is 22.8 Å². The molecule has 0 spiro atoms. The fourth-order valence-corrected chi connectivity index (χ4v) is 2.55. The number of benzene rings is 2. The number of anilines is 1. The van der Waals surface area contributed by atoms with Crippen molar-refractivity contribution >= 4 is 15.5 Å². The molecule has 106 valence electrons. The minimum atomic E-state index is -3.12. The summed E-state index contributed by atoms with van der Waals surface area (Å²) < 4.78 is 22.7. The van der Waals surface area contributed by atoms with Crippen LogP contribution in [0, 0.1) is 0 Å². The van der Waals surface area contributed by atoms with E-state index < -0.39 is 9.84 Å². The number of rotatable bonds is 5. The van der Waals surface area contributed by atoms with E-state index in [4.69, 9.17) is 0 Å². The molecule has 0 aliphatic rings. The van der Waals surface area contributed by atoms with Gasteiger partial charge in [0.05, 0.1) is 4.90 Å². The molecule has 0 unspecified atom stereocenters. The molecule has 0 atom stereocenters. The largest absolute Gasteiger partial charge is 0.381 e. The summed E-state index contributed by atoms with van der Waals surface area (Å²) in [6.45, 7) is 2.86. The number of nitrogens with one attached hydrogen (secondary N) is 1. The van der Waals surface area contributed by atoms with Crippen molar-refractivity contribution < 1.29 is 8.42 Å². The number of hydrogen-bond acceptors (Lipinski definition) is 3. The van der Waals surface area contributed by atoms with Crippen LogP contribution in [0.15, 0.2) is 53.4 Å². The van der Waals surface area contributed by atoms with E-state index in [0.717, 1.165) is 18.7 Å². The molecule has 0 fully saturated rings. The summed E-state index contributed by atoms with van der Waals surface area (Å²) in [5, 5.41) is 3.28. The predicted octanol–water partition coefficient (Wildman–Crippen LogP) is 3.26. The summed E-state index contributed by atoms with van der Waals surface area (Å²) in [6, 6.07) is 15.3. The van der Waals surface area contributed by atoms with Crippen LogP contribution in [0.5, 0.6) is 0 Å². The first-order valence-corrected chi connectivity index (χ1v) is 8.50. The first-order chi connectivity index (χ1) is 9.49. The molecule has 20 heavy (non-hydrogen) atoms. The fraction of sp³-hybridized carbons (Fsp3) is 0.250. The summed E-state index contributed by atoms with van der Waals surface area (Å²) in [5.74, 6) is 0. The van der Waals surface area contributed by atoms with Gasteiger partial charge in [-0.2, -0.15) is 0 Å². The third-order valence-corrected chi connectivity index (χ3v) is 4.34. The highest BCUT2D eigenvalue weighted by Crippen LogP contribution is 2.15. The van der Waals surface area contributed by atoms with Gasteiger partial charge in [-0.1, -0.05) is 31.2 Å². The van der Waals surface area contributed by atoms with Gasteiger partial charge in [0.25, 0.3) is 0 Å². The van der Waals surface area contributed by atoms with E-state index in [1.165, 1.54) is 17.4 Å². The Hall–Kier alpha value is -1.81.